The highest BCUT2D eigenvalue weighted by Crippen LogP contribution is 2.36. The van der Waals surface area contributed by atoms with E-state index in [2.05, 4.69) is 10.6 Å². The maximum Gasteiger partial charge on any atom is 0.268 e. The van der Waals surface area contributed by atoms with Gasteiger partial charge in [-0.1, -0.05) is 24.3 Å². The number of ether oxygens (including phenoxy) is 3. The summed E-state index contributed by atoms with van der Waals surface area (Å²) in [6.45, 7) is 0. The standard InChI is InChI=1S/C30H27N5O6S/c1-39-23-11-6-8-19(14-23)30(36)32-20-9-7-10-22(15-20)35(42(37)38)29-28(33-26-12-4-5-13-27(26)34-29)31-21-16-24(40-2)18-25(17-21)41-3/h4-18H,1-3H3,(H,31,33)(H,32,36)(H,37,38). The lowest BCUT2D eigenvalue weighted by Gasteiger charge is -2.23. The lowest BCUT2D eigenvalue weighted by atomic mass is 10.2. The molecule has 1 amide bonds. The quantitative estimate of drug-likeness (QED) is 0.171. The van der Waals surface area contributed by atoms with Gasteiger partial charge >= 0.3 is 0 Å². The lowest BCUT2D eigenvalue weighted by molar-refractivity contribution is 0.102. The summed E-state index contributed by atoms with van der Waals surface area (Å²) < 4.78 is 40.5. The number of nitrogens with one attached hydrogen (secondary N) is 2. The molecule has 0 fully saturated rings. The number of benzene rings is 4. The van der Waals surface area contributed by atoms with Crippen LogP contribution in [0, 0.1) is 0 Å². The molecule has 0 aliphatic heterocycles. The molecule has 3 N–H and O–H groups in total. The monoisotopic (exact) mass is 585 g/mol. The van der Waals surface area contributed by atoms with Crippen molar-refractivity contribution in [2.45, 2.75) is 0 Å². The number of aromatic nitrogens is 2. The predicted octanol–water partition coefficient (Wildman–Crippen LogP) is 5.93. The Balaban J connectivity index is 1.56. The SMILES string of the molecule is COc1cc(Nc2nc3ccccc3nc2N(c2cccc(NC(=O)c3cccc(OC)c3)c2)S(=O)O)cc(OC)c1. The number of hydrogen-bond acceptors (Lipinski definition) is 8. The molecule has 0 saturated heterocycles. The van der Waals surface area contributed by atoms with Crippen LogP contribution < -0.4 is 29.1 Å². The predicted molar refractivity (Wildman–Crippen MR) is 163 cm³/mol. The van der Waals surface area contributed by atoms with Gasteiger partial charge in [0.15, 0.2) is 11.6 Å². The average Bonchev–Trinajstić information content (AvgIpc) is 3.01. The number of fused-ring (bicyclic) bond motifs is 1. The minimum atomic E-state index is -2.58. The average molecular weight is 586 g/mol. The number of nitrogens with zero attached hydrogens (tertiary/aromatic N) is 3. The van der Waals surface area contributed by atoms with E-state index in [4.69, 9.17) is 24.2 Å². The zero-order chi connectivity index (χ0) is 29.6. The highest BCUT2D eigenvalue weighted by atomic mass is 32.2. The normalized spacial score (nSPS) is 11.4. The summed E-state index contributed by atoms with van der Waals surface area (Å²) in [5, 5.41) is 6.02. The van der Waals surface area contributed by atoms with Crippen molar-refractivity contribution < 1.29 is 27.8 Å². The molecule has 1 unspecified atom stereocenters. The number of hydrogen-bond donors (Lipinski definition) is 3. The van der Waals surface area contributed by atoms with Crippen molar-refractivity contribution in [1.82, 2.24) is 9.97 Å². The molecule has 12 heteroatoms. The van der Waals surface area contributed by atoms with E-state index < -0.39 is 11.3 Å². The number of carbonyl (C=O) groups is 1. The van der Waals surface area contributed by atoms with Gasteiger partial charge in [0.2, 0.25) is 0 Å². The van der Waals surface area contributed by atoms with Gasteiger partial charge in [0, 0.05) is 35.1 Å². The molecule has 5 rings (SSSR count). The van der Waals surface area contributed by atoms with Crippen molar-refractivity contribution in [3.63, 3.8) is 0 Å². The third-order valence-corrected chi connectivity index (χ3v) is 6.88. The summed E-state index contributed by atoms with van der Waals surface area (Å²) in [7, 11) is 4.60. The summed E-state index contributed by atoms with van der Waals surface area (Å²) in [5.41, 5.74) is 2.72. The topological polar surface area (TPSA) is 135 Å². The minimum absolute atomic E-state index is 0.0765. The highest BCUT2D eigenvalue weighted by molar-refractivity contribution is 7.81. The second-order valence-electron chi connectivity index (χ2n) is 8.87. The van der Waals surface area contributed by atoms with E-state index in [0.717, 1.165) is 4.31 Å². The largest absolute Gasteiger partial charge is 0.497 e. The second-order valence-corrected chi connectivity index (χ2v) is 9.70. The summed E-state index contributed by atoms with van der Waals surface area (Å²) >= 11 is -2.58. The van der Waals surface area contributed by atoms with E-state index in [1.165, 1.54) is 21.3 Å². The molecule has 0 aliphatic rings. The maximum absolute atomic E-state index is 12.9. The van der Waals surface area contributed by atoms with E-state index in [9.17, 15) is 13.6 Å². The number of para-hydroxylation sites is 2. The molecule has 0 aliphatic carbocycles. The molecular weight excluding hydrogens is 558 g/mol. The molecule has 1 aromatic heterocycles. The fourth-order valence-electron chi connectivity index (χ4n) is 4.20. The number of methoxy groups -OCH3 is 3. The number of anilines is 5. The maximum atomic E-state index is 12.9. The third-order valence-electron chi connectivity index (χ3n) is 6.19. The Morgan fingerprint density at radius 2 is 1.43 bits per heavy atom. The number of carbonyl (C=O) groups excluding carboxylic acids is 1. The zero-order valence-electron chi connectivity index (χ0n) is 22.9. The van der Waals surface area contributed by atoms with Gasteiger partial charge in [-0.25, -0.2) is 18.5 Å². The number of amides is 1. The van der Waals surface area contributed by atoms with Crippen LogP contribution in [0.1, 0.15) is 10.4 Å². The Kier molecular flexibility index (Phi) is 8.46. The Labute approximate surface area is 244 Å². The van der Waals surface area contributed by atoms with E-state index >= 15 is 0 Å². The fraction of sp³-hybridized carbons (Fsp3) is 0.100. The number of rotatable bonds is 10. The van der Waals surface area contributed by atoms with Crippen molar-refractivity contribution in [2.75, 3.05) is 36.3 Å². The van der Waals surface area contributed by atoms with Crippen LogP contribution in [0.3, 0.4) is 0 Å². The van der Waals surface area contributed by atoms with Crippen LogP contribution in [0.25, 0.3) is 11.0 Å². The molecule has 5 aromatic rings. The first-order chi connectivity index (χ1) is 20.4. The molecular formula is C30H27N5O6S. The van der Waals surface area contributed by atoms with Gasteiger partial charge in [0.05, 0.1) is 38.1 Å². The molecule has 0 spiro atoms. The molecule has 0 saturated carbocycles. The molecule has 42 heavy (non-hydrogen) atoms. The lowest BCUT2D eigenvalue weighted by Crippen LogP contribution is -2.22. The first kappa shape index (κ1) is 28.3. The van der Waals surface area contributed by atoms with E-state index in [0.29, 0.717) is 45.2 Å². The zero-order valence-corrected chi connectivity index (χ0v) is 23.7. The van der Waals surface area contributed by atoms with Gasteiger partial charge < -0.3 is 24.8 Å². The molecule has 214 valence electrons. The van der Waals surface area contributed by atoms with Crippen molar-refractivity contribution >= 4 is 56.9 Å². The fourth-order valence-corrected chi connectivity index (χ4v) is 4.77. The van der Waals surface area contributed by atoms with Crippen LogP contribution in [0.4, 0.5) is 28.7 Å². The van der Waals surface area contributed by atoms with Crippen molar-refractivity contribution in [2.24, 2.45) is 0 Å². The van der Waals surface area contributed by atoms with Gasteiger partial charge in [-0.15, -0.1) is 0 Å². The Morgan fingerprint density at radius 3 is 2.10 bits per heavy atom. The van der Waals surface area contributed by atoms with Crippen LogP contribution >= 0.6 is 0 Å². The first-order valence-corrected chi connectivity index (χ1v) is 13.7. The van der Waals surface area contributed by atoms with E-state index in [1.54, 1.807) is 84.9 Å². The Morgan fingerprint density at radius 1 is 0.762 bits per heavy atom. The Hall–Kier alpha value is -5.20. The van der Waals surface area contributed by atoms with Gasteiger partial charge in [-0.3, -0.25) is 9.35 Å². The van der Waals surface area contributed by atoms with Crippen molar-refractivity contribution in [3.05, 3.63) is 96.6 Å². The minimum Gasteiger partial charge on any atom is -0.497 e. The smallest absolute Gasteiger partial charge is 0.268 e. The van der Waals surface area contributed by atoms with Gasteiger partial charge in [-0.2, -0.15) is 0 Å². The Bertz CT molecular complexity index is 1760. The summed E-state index contributed by atoms with van der Waals surface area (Å²) in [6.07, 6.45) is 0. The summed E-state index contributed by atoms with van der Waals surface area (Å²) in [6, 6.07) is 25.6. The van der Waals surface area contributed by atoms with Gasteiger partial charge in [0.25, 0.3) is 17.2 Å². The van der Waals surface area contributed by atoms with E-state index in [-0.39, 0.29) is 23.2 Å². The molecule has 4 aromatic carbocycles. The van der Waals surface area contributed by atoms with Gasteiger partial charge in [0.1, 0.15) is 17.2 Å². The van der Waals surface area contributed by atoms with Crippen LogP contribution in [0.5, 0.6) is 17.2 Å². The van der Waals surface area contributed by atoms with Crippen LogP contribution in [0.15, 0.2) is 91.0 Å². The molecule has 0 bridgehead atoms. The van der Waals surface area contributed by atoms with Crippen molar-refractivity contribution in [3.8, 4) is 17.2 Å². The van der Waals surface area contributed by atoms with Crippen LogP contribution in [-0.2, 0) is 11.3 Å². The summed E-state index contributed by atoms with van der Waals surface area (Å²) in [4.78, 5) is 22.3. The van der Waals surface area contributed by atoms with E-state index in [1.807, 2.05) is 6.07 Å². The van der Waals surface area contributed by atoms with Gasteiger partial charge in [-0.05, 0) is 48.5 Å². The third kappa shape index (κ3) is 6.24. The van der Waals surface area contributed by atoms with Crippen molar-refractivity contribution in [1.29, 1.82) is 0 Å². The first-order valence-electron chi connectivity index (χ1n) is 12.6. The molecule has 1 atom stereocenters. The highest BCUT2D eigenvalue weighted by Gasteiger charge is 2.24. The van der Waals surface area contributed by atoms with Crippen LogP contribution in [0.2, 0.25) is 0 Å². The molecule has 0 radical (unpaired) electrons. The van der Waals surface area contributed by atoms with Crippen LogP contribution in [-0.4, -0.2) is 46.0 Å². The summed E-state index contributed by atoms with van der Waals surface area (Å²) in [5.74, 6) is 1.53. The second kappa shape index (κ2) is 12.5. The molecule has 11 nitrogen and oxygen atoms in total. The molecule has 1 heterocycles.